The van der Waals surface area contributed by atoms with Crippen molar-refractivity contribution >= 4 is 23.8 Å². The van der Waals surface area contributed by atoms with Gasteiger partial charge >= 0.3 is 11.9 Å². The summed E-state index contributed by atoms with van der Waals surface area (Å²) in [5, 5.41) is 8.69. The second-order valence-electron chi connectivity index (χ2n) is 5.55. The van der Waals surface area contributed by atoms with Gasteiger partial charge in [-0.15, -0.1) is 0 Å². The molecule has 10 nitrogen and oxygen atoms in total. The fraction of sp³-hybridized carbons (Fsp3) is 0.0476. The number of nitrogens with two attached hydrogens (primary N) is 2. The van der Waals surface area contributed by atoms with E-state index in [-0.39, 0.29) is 11.3 Å². The standard InChI is InChI=1S/C9H8O4.2C6H6N2O/c1-6(10)13-8-5-3-2-4-7(8)9(11)12;2*7-6(9)5-3-1-2-4-8-5/h2-5H,1H3,(H,11,12);2*1-4H,(H2,7,9). The second-order valence-corrected chi connectivity index (χ2v) is 5.55. The SMILES string of the molecule is CC(=O)Oc1ccccc1C(=O)O.NC(=O)c1ccccn1.NC(=O)c1ccccn1. The molecule has 1 aromatic carbocycles. The first-order valence-corrected chi connectivity index (χ1v) is 8.64. The van der Waals surface area contributed by atoms with Crippen LogP contribution in [0.2, 0.25) is 0 Å². The number of carboxylic acids is 1. The lowest BCUT2D eigenvalue weighted by atomic mass is 10.2. The third-order valence-corrected chi connectivity index (χ3v) is 3.21. The van der Waals surface area contributed by atoms with Crippen molar-refractivity contribution in [1.82, 2.24) is 9.97 Å². The second kappa shape index (κ2) is 12.8. The molecule has 2 heterocycles. The number of pyridine rings is 2. The summed E-state index contributed by atoms with van der Waals surface area (Å²) < 4.78 is 4.69. The van der Waals surface area contributed by atoms with Crippen molar-refractivity contribution in [3.63, 3.8) is 0 Å². The molecule has 0 unspecified atom stereocenters. The Kier molecular flexibility index (Phi) is 10.1. The average molecular weight is 424 g/mol. The molecule has 0 aliphatic heterocycles. The number of benzene rings is 1. The molecule has 0 aliphatic rings. The third kappa shape index (κ3) is 9.43. The molecule has 2 aromatic heterocycles. The molecule has 10 heteroatoms. The summed E-state index contributed by atoms with van der Waals surface area (Å²) >= 11 is 0. The highest BCUT2D eigenvalue weighted by Crippen LogP contribution is 2.17. The van der Waals surface area contributed by atoms with E-state index in [1.165, 1.54) is 31.5 Å². The van der Waals surface area contributed by atoms with E-state index in [0.29, 0.717) is 11.4 Å². The number of carboxylic acid groups (broad SMARTS) is 1. The summed E-state index contributed by atoms with van der Waals surface area (Å²) in [6.07, 6.45) is 3.06. The van der Waals surface area contributed by atoms with Crippen LogP contribution in [0.15, 0.2) is 73.1 Å². The fourth-order valence-electron chi connectivity index (χ4n) is 1.90. The van der Waals surface area contributed by atoms with Crippen LogP contribution in [-0.4, -0.2) is 38.8 Å². The number of ether oxygens (including phenoxy) is 1. The maximum Gasteiger partial charge on any atom is 0.339 e. The van der Waals surface area contributed by atoms with Crippen LogP contribution in [0.1, 0.15) is 38.3 Å². The molecule has 0 radical (unpaired) electrons. The van der Waals surface area contributed by atoms with Crippen LogP contribution in [-0.2, 0) is 4.79 Å². The molecule has 3 aromatic rings. The fourth-order valence-corrected chi connectivity index (χ4v) is 1.90. The highest BCUT2D eigenvalue weighted by molar-refractivity contribution is 5.92. The number of esters is 1. The molecule has 0 atom stereocenters. The first-order valence-electron chi connectivity index (χ1n) is 8.64. The Hall–Kier alpha value is -4.60. The molecule has 0 aliphatic carbocycles. The van der Waals surface area contributed by atoms with Gasteiger partial charge in [0.05, 0.1) is 0 Å². The van der Waals surface area contributed by atoms with Gasteiger partial charge in [0.2, 0.25) is 0 Å². The van der Waals surface area contributed by atoms with Gasteiger partial charge in [0.15, 0.2) is 0 Å². The molecule has 0 saturated heterocycles. The minimum Gasteiger partial charge on any atom is -0.478 e. The number of aromatic nitrogens is 2. The third-order valence-electron chi connectivity index (χ3n) is 3.21. The van der Waals surface area contributed by atoms with Gasteiger partial charge in [0, 0.05) is 19.3 Å². The van der Waals surface area contributed by atoms with Crippen LogP contribution >= 0.6 is 0 Å². The Morgan fingerprint density at radius 3 is 1.55 bits per heavy atom. The quantitative estimate of drug-likeness (QED) is 0.418. The highest BCUT2D eigenvalue weighted by atomic mass is 16.5. The topological polar surface area (TPSA) is 176 Å². The maximum absolute atomic E-state index is 10.6. The number of hydrogen-bond acceptors (Lipinski definition) is 7. The van der Waals surface area contributed by atoms with Crippen molar-refractivity contribution in [3.05, 3.63) is 90.0 Å². The molecular formula is C21H20N4O6. The molecule has 0 spiro atoms. The number of para-hydroxylation sites is 1. The minimum absolute atomic E-state index is 0.0160. The van der Waals surface area contributed by atoms with Gasteiger partial charge in [-0.3, -0.25) is 24.4 Å². The van der Waals surface area contributed by atoms with Gasteiger partial charge in [-0.05, 0) is 36.4 Å². The number of amides is 2. The Bertz CT molecular complexity index is 977. The minimum atomic E-state index is -1.11. The number of rotatable bonds is 4. The molecule has 0 bridgehead atoms. The monoisotopic (exact) mass is 424 g/mol. The van der Waals surface area contributed by atoms with Crippen LogP contribution in [0.25, 0.3) is 0 Å². The summed E-state index contributed by atoms with van der Waals surface area (Å²) in [6, 6.07) is 16.0. The largest absolute Gasteiger partial charge is 0.478 e. The Morgan fingerprint density at radius 1 is 0.774 bits per heavy atom. The van der Waals surface area contributed by atoms with E-state index in [4.69, 9.17) is 16.6 Å². The predicted octanol–water partition coefficient (Wildman–Crippen LogP) is 1.67. The lowest BCUT2D eigenvalue weighted by Crippen LogP contribution is -2.12. The summed E-state index contributed by atoms with van der Waals surface area (Å²) in [5.41, 5.74) is 10.4. The van der Waals surface area contributed by atoms with Gasteiger partial charge in [0.25, 0.3) is 11.8 Å². The summed E-state index contributed by atoms with van der Waals surface area (Å²) in [7, 11) is 0. The number of aromatic carboxylic acids is 1. The molecule has 31 heavy (non-hydrogen) atoms. The molecule has 160 valence electrons. The Labute approximate surface area is 177 Å². The molecule has 5 N–H and O–H groups in total. The number of primary amides is 2. The van der Waals surface area contributed by atoms with Crippen molar-refractivity contribution in [3.8, 4) is 5.75 Å². The zero-order chi connectivity index (χ0) is 23.2. The number of carbonyl (C=O) groups is 4. The smallest absolute Gasteiger partial charge is 0.339 e. The van der Waals surface area contributed by atoms with Crippen LogP contribution in [0.5, 0.6) is 5.75 Å². The van der Waals surface area contributed by atoms with Crippen molar-refractivity contribution in [2.75, 3.05) is 0 Å². The summed E-state index contributed by atoms with van der Waals surface area (Å²) in [5.74, 6) is -2.56. The van der Waals surface area contributed by atoms with E-state index in [1.807, 2.05) is 0 Å². The molecule has 2 amide bonds. The average Bonchev–Trinajstić information content (AvgIpc) is 2.75. The summed E-state index contributed by atoms with van der Waals surface area (Å²) in [6.45, 7) is 1.22. The lowest BCUT2D eigenvalue weighted by Gasteiger charge is -2.03. The first-order chi connectivity index (χ1) is 14.7. The molecule has 3 rings (SSSR count). The number of carbonyl (C=O) groups excluding carboxylic acids is 3. The zero-order valence-electron chi connectivity index (χ0n) is 16.5. The van der Waals surface area contributed by atoms with Crippen LogP contribution in [0.4, 0.5) is 0 Å². The van der Waals surface area contributed by atoms with E-state index in [0.717, 1.165) is 0 Å². The first kappa shape index (κ1) is 24.4. The normalized spacial score (nSPS) is 9.06. The van der Waals surface area contributed by atoms with Crippen LogP contribution < -0.4 is 16.2 Å². The lowest BCUT2D eigenvalue weighted by molar-refractivity contribution is -0.131. The van der Waals surface area contributed by atoms with Gasteiger partial charge in [0.1, 0.15) is 22.7 Å². The highest BCUT2D eigenvalue weighted by Gasteiger charge is 2.11. The van der Waals surface area contributed by atoms with E-state index >= 15 is 0 Å². The van der Waals surface area contributed by atoms with E-state index < -0.39 is 23.8 Å². The van der Waals surface area contributed by atoms with Gasteiger partial charge in [-0.2, -0.15) is 0 Å². The van der Waals surface area contributed by atoms with Crippen LogP contribution in [0, 0.1) is 0 Å². The van der Waals surface area contributed by atoms with Crippen molar-refractivity contribution in [1.29, 1.82) is 0 Å². The number of nitrogens with zero attached hydrogens (tertiary/aromatic N) is 2. The molecular weight excluding hydrogens is 404 g/mol. The van der Waals surface area contributed by atoms with E-state index in [9.17, 15) is 19.2 Å². The zero-order valence-corrected chi connectivity index (χ0v) is 16.5. The maximum atomic E-state index is 10.6. The molecule has 0 saturated carbocycles. The predicted molar refractivity (Wildman–Crippen MR) is 110 cm³/mol. The van der Waals surface area contributed by atoms with Gasteiger partial charge in [-0.25, -0.2) is 4.79 Å². The van der Waals surface area contributed by atoms with Crippen molar-refractivity contribution in [2.45, 2.75) is 6.92 Å². The van der Waals surface area contributed by atoms with E-state index in [2.05, 4.69) is 14.7 Å². The summed E-state index contributed by atoms with van der Waals surface area (Å²) in [4.78, 5) is 49.3. The van der Waals surface area contributed by atoms with Gasteiger partial charge in [-0.1, -0.05) is 24.3 Å². The van der Waals surface area contributed by atoms with Crippen molar-refractivity contribution < 1.29 is 29.0 Å². The van der Waals surface area contributed by atoms with E-state index in [1.54, 1.807) is 48.5 Å². The van der Waals surface area contributed by atoms with Crippen molar-refractivity contribution in [2.24, 2.45) is 11.5 Å². The van der Waals surface area contributed by atoms with Gasteiger partial charge < -0.3 is 21.3 Å². The molecule has 0 fully saturated rings. The Morgan fingerprint density at radius 2 is 1.23 bits per heavy atom. The Balaban J connectivity index is 0.000000239. The van der Waals surface area contributed by atoms with Crippen LogP contribution in [0.3, 0.4) is 0 Å². The number of hydrogen-bond donors (Lipinski definition) is 3.